The molecule has 1 aliphatic rings. The van der Waals surface area contributed by atoms with Gasteiger partial charge in [0.1, 0.15) is 6.10 Å². The molecule has 3 rings (SSSR count). The highest BCUT2D eigenvalue weighted by Crippen LogP contribution is 2.20. The van der Waals surface area contributed by atoms with Crippen molar-refractivity contribution >= 4 is 11.7 Å². The molecule has 2 aromatic rings. The van der Waals surface area contributed by atoms with Crippen molar-refractivity contribution in [2.45, 2.75) is 32.8 Å². The lowest BCUT2D eigenvalue weighted by atomic mass is 9.99. The monoisotopic (exact) mass is 343 g/mol. The highest BCUT2D eigenvalue weighted by Gasteiger charge is 2.28. The molecule has 1 aromatic carbocycles. The fourth-order valence-electron chi connectivity index (χ4n) is 2.90. The van der Waals surface area contributed by atoms with Crippen LogP contribution in [-0.2, 0) is 9.53 Å². The molecule has 7 nitrogen and oxygen atoms in total. The number of amides is 1. The lowest BCUT2D eigenvalue weighted by Crippen LogP contribution is -2.42. The van der Waals surface area contributed by atoms with Crippen LogP contribution in [-0.4, -0.2) is 46.4 Å². The Labute approximate surface area is 146 Å². The Morgan fingerprint density at radius 2 is 2.12 bits per heavy atom. The number of rotatable bonds is 5. The van der Waals surface area contributed by atoms with Gasteiger partial charge in [-0.2, -0.15) is 4.98 Å². The maximum atomic E-state index is 12.5. The predicted molar refractivity (Wildman–Crippen MR) is 89.1 cm³/mol. The average Bonchev–Trinajstić information content (AvgIpc) is 3.16. The highest BCUT2D eigenvalue weighted by atomic mass is 16.5. The SMILES string of the molecule is Cc1ccc(C)c(C(=O)CCC(=O)N2CCOC(c3ncon3)C2)c1. The zero-order valence-electron chi connectivity index (χ0n) is 14.4. The molecule has 0 radical (unpaired) electrons. The zero-order chi connectivity index (χ0) is 17.8. The predicted octanol–water partition coefficient (Wildman–Crippen LogP) is 2.25. The van der Waals surface area contributed by atoms with Gasteiger partial charge in [-0.25, -0.2) is 0 Å². The van der Waals surface area contributed by atoms with E-state index in [9.17, 15) is 9.59 Å². The maximum absolute atomic E-state index is 12.5. The first-order valence-corrected chi connectivity index (χ1v) is 8.30. The number of nitrogens with zero attached hydrogens (tertiary/aromatic N) is 3. The van der Waals surface area contributed by atoms with Crippen molar-refractivity contribution in [2.24, 2.45) is 0 Å². The summed E-state index contributed by atoms with van der Waals surface area (Å²) < 4.78 is 10.3. The molecule has 0 spiro atoms. The van der Waals surface area contributed by atoms with Gasteiger partial charge in [-0.3, -0.25) is 9.59 Å². The van der Waals surface area contributed by atoms with Crippen molar-refractivity contribution in [1.82, 2.24) is 15.0 Å². The van der Waals surface area contributed by atoms with Gasteiger partial charge in [-0.15, -0.1) is 0 Å². The minimum Gasteiger partial charge on any atom is -0.366 e. The van der Waals surface area contributed by atoms with Crippen molar-refractivity contribution in [3.8, 4) is 0 Å². The molecule has 0 N–H and O–H groups in total. The van der Waals surface area contributed by atoms with Crippen LogP contribution in [0, 0.1) is 13.8 Å². The van der Waals surface area contributed by atoms with Crippen LogP contribution in [0.2, 0.25) is 0 Å². The van der Waals surface area contributed by atoms with Gasteiger partial charge in [-0.1, -0.05) is 22.9 Å². The molecule has 25 heavy (non-hydrogen) atoms. The van der Waals surface area contributed by atoms with Gasteiger partial charge in [0.25, 0.3) is 0 Å². The molecule has 1 aromatic heterocycles. The van der Waals surface area contributed by atoms with Gasteiger partial charge < -0.3 is 14.2 Å². The van der Waals surface area contributed by atoms with Gasteiger partial charge in [-0.05, 0) is 25.5 Å². The summed E-state index contributed by atoms with van der Waals surface area (Å²) in [5.74, 6) is 0.372. The molecule has 0 saturated carbocycles. The Morgan fingerprint density at radius 1 is 1.28 bits per heavy atom. The minimum absolute atomic E-state index is 0.00229. The molecule has 2 heterocycles. The molecular formula is C18H21N3O4. The second-order valence-electron chi connectivity index (χ2n) is 6.23. The molecule has 1 atom stereocenters. The van der Waals surface area contributed by atoms with Crippen LogP contribution < -0.4 is 0 Å². The van der Waals surface area contributed by atoms with E-state index in [1.807, 2.05) is 32.0 Å². The van der Waals surface area contributed by atoms with E-state index in [-0.39, 0.29) is 30.6 Å². The number of Topliss-reactive ketones (excluding diaryl/α,β-unsaturated/α-hetero) is 1. The van der Waals surface area contributed by atoms with Gasteiger partial charge in [0, 0.05) is 24.9 Å². The fourth-order valence-corrected chi connectivity index (χ4v) is 2.90. The number of hydrogen-bond acceptors (Lipinski definition) is 6. The van der Waals surface area contributed by atoms with E-state index in [0.717, 1.165) is 11.1 Å². The summed E-state index contributed by atoms with van der Waals surface area (Å²) in [6, 6.07) is 5.79. The smallest absolute Gasteiger partial charge is 0.223 e. The number of aromatic nitrogens is 2. The molecule has 0 aliphatic carbocycles. The lowest BCUT2D eigenvalue weighted by Gasteiger charge is -2.31. The molecule has 132 valence electrons. The third-order valence-corrected chi connectivity index (χ3v) is 4.34. The molecule has 1 fully saturated rings. The van der Waals surface area contributed by atoms with Gasteiger partial charge in [0.05, 0.1) is 13.2 Å². The summed E-state index contributed by atoms with van der Waals surface area (Å²) in [5, 5.41) is 3.76. The third-order valence-electron chi connectivity index (χ3n) is 4.34. The van der Waals surface area contributed by atoms with Crippen LogP contribution in [0.3, 0.4) is 0 Å². The van der Waals surface area contributed by atoms with E-state index >= 15 is 0 Å². The van der Waals surface area contributed by atoms with Crippen molar-refractivity contribution in [3.63, 3.8) is 0 Å². The fraction of sp³-hybridized carbons (Fsp3) is 0.444. The Bertz CT molecular complexity index is 758. The first-order chi connectivity index (χ1) is 12.0. The Hall–Kier alpha value is -2.54. The van der Waals surface area contributed by atoms with E-state index < -0.39 is 0 Å². The van der Waals surface area contributed by atoms with Crippen molar-refractivity contribution < 1.29 is 18.8 Å². The summed E-state index contributed by atoms with van der Waals surface area (Å²) in [6.45, 7) is 5.15. The molecule has 1 aliphatic heterocycles. The summed E-state index contributed by atoms with van der Waals surface area (Å²) in [5.41, 5.74) is 2.67. The molecule has 1 saturated heterocycles. The number of aryl methyl sites for hydroxylation is 2. The number of carbonyl (C=O) groups is 2. The minimum atomic E-state index is -0.383. The van der Waals surface area contributed by atoms with Crippen LogP contribution >= 0.6 is 0 Å². The summed E-state index contributed by atoms with van der Waals surface area (Å²) >= 11 is 0. The number of carbonyl (C=O) groups excluding carboxylic acids is 2. The standard InChI is InChI=1S/C18H21N3O4/c1-12-3-4-13(2)14(9-12)15(22)5-6-17(23)21-7-8-24-16(10-21)18-19-11-25-20-18/h3-4,9,11,16H,5-8,10H2,1-2H3. The zero-order valence-corrected chi connectivity index (χ0v) is 14.4. The molecule has 0 bridgehead atoms. The normalized spacial score (nSPS) is 17.5. The number of benzene rings is 1. The van der Waals surface area contributed by atoms with Gasteiger partial charge >= 0.3 is 0 Å². The average molecular weight is 343 g/mol. The molecule has 7 heteroatoms. The molecule has 1 amide bonds. The van der Waals surface area contributed by atoms with Gasteiger partial charge in [0.15, 0.2) is 5.78 Å². The van der Waals surface area contributed by atoms with Crippen molar-refractivity contribution in [3.05, 3.63) is 47.1 Å². The first-order valence-electron chi connectivity index (χ1n) is 8.30. The summed E-state index contributed by atoms with van der Waals surface area (Å²) in [4.78, 5) is 30.5. The largest absolute Gasteiger partial charge is 0.366 e. The quantitative estimate of drug-likeness (QED) is 0.774. The second-order valence-corrected chi connectivity index (χ2v) is 6.23. The third kappa shape index (κ3) is 4.11. The Morgan fingerprint density at radius 3 is 2.88 bits per heavy atom. The van der Waals surface area contributed by atoms with Crippen LogP contribution in [0.4, 0.5) is 0 Å². The van der Waals surface area contributed by atoms with E-state index in [2.05, 4.69) is 10.1 Å². The van der Waals surface area contributed by atoms with E-state index in [1.165, 1.54) is 6.39 Å². The molecular weight excluding hydrogens is 322 g/mol. The number of hydrogen-bond donors (Lipinski definition) is 0. The highest BCUT2D eigenvalue weighted by molar-refractivity contribution is 5.99. The van der Waals surface area contributed by atoms with Crippen LogP contribution in [0.1, 0.15) is 46.3 Å². The maximum Gasteiger partial charge on any atom is 0.223 e. The summed E-state index contributed by atoms with van der Waals surface area (Å²) in [7, 11) is 0. The van der Waals surface area contributed by atoms with Crippen molar-refractivity contribution in [1.29, 1.82) is 0 Å². The Balaban J connectivity index is 1.57. The van der Waals surface area contributed by atoms with Crippen LogP contribution in [0.25, 0.3) is 0 Å². The molecule has 1 unspecified atom stereocenters. The van der Waals surface area contributed by atoms with E-state index in [4.69, 9.17) is 9.26 Å². The van der Waals surface area contributed by atoms with E-state index in [1.54, 1.807) is 4.90 Å². The number of ketones is 1. The van der Waals surface area contributed by atoms with Crippen LogP contribution in [0.5, 0.6) is 0 Å². The number of ether oxygens (including phenoxy) is 1. The lowest BCUT2D eigenvalue weighted by molar-refractivity contribution is -0.139. The summed E-state index contributed by atoms with van der Waals surface area (Å²) in [6.07, 6.45) is 1.24. The topological polar surface area (TPSA) is 85.5 Å². The van der Waals surface area contributed by atoms with E-state index in [0.29, 0.717) is 31.1 Å². The second kappa shape index (κ2) is 7.57. The first kappa shape index (κ1) is 17.3. The Kier molecular flexibility index (Phi) is 5.23. The number of morpholine rings is 1. The van der Waals surface area contributed by atoms with Gasteiger partial charge in [0.2, 0.25) is 18.1 Å². The van der Waals surface area contributed by atoms with Crippen LogP contribution in [0.15, 0.2) is 29.1 Å². The van der Waals surface area contributed by atoms with Crippen molar-refractivity contribution in [2.75, 3.05) is 19.7 Å².